The van der Waals surface area contributed by atoms with E-state index in [0.717, 1.165) is 0 Å². The Hall–Kier alpha value is 0.530. The summed E-state index contributed by atoms with van der Waals surface area (Å²) < 4.78 is 22.0. The summed E-state index contributed by atoms with van der Waals surface area (Å²) in [6, 6.07) is 0. The predicted molar refractivity (Wildman–Crippen MR) is 64.4 cm³/mol. The first-order valence-corrected chi connectivity index (χ1v) is 6.51. The van der Waals surface area contributed by atoms with Crippen LogP contribution in [0.1, 0.15) is 13.8 Å². The van der Waals surface area contributed by atoms with Crippen molar-refractivity contribution in [1.29, 1.82) is 0 Å². The van der Waals surface area contributed by atoms with Crippen LogP contribution >= 0.6 is 22.6 Å². The zero-order chi connectivity index (χ0) is 11.9. The second-order valence-corrected chi connectivity index (χ2v) is 5.94. The molecule has 2 rings (SSSR count). The normalized spacial score (nSPS) is 47.4. The fourth-order valence-corrected chi connectivity index (χ4v) is 2.97. The summed E-state index contributed by atoms with van der Waals surface area (Å²) in [5.41, 5.74) is 0. The summed E-state index contributed by atoms with van der Waals surface area (Å²) in [4.78, 5) is 0. The lowest BCUT2D eigenvalue weighted by Crippen LogP contribution is -2.40. The average Bonchev–Trinajstić information content (AvgIpc) is 2.69. The maximum Gasteiger partial charge on any atom is 0.169 e. The highest BCUT2D eigenvalue weighted by atomic mass is 127. The van der Waals surface area contributed by atoms with Gasteiger partial charge in [-0.05, 0) is 13.8 Å². The Labute approximate surface area is 109 Å². The highest BCUT2D eigenvalue weighted by Crippen LogP contribution is 2.35. The summed E-state index contributed by atoms with van der Waals surface area (Å²) in [6.45, 7) is 4.19. The summed E-state index contributed by atoms with van der Waals surface area (Å²) in [7, 11) is 1.62. The number of halogens is 1. The largest absolute Gasteiger partial charge is 0.377 e. The van der Waals surface area contributed by atoms with Crippen molar-refractivity contribution in [2.24, 2.45) is 0 Å². The van der Waals surface area contributed by atoms with E-state index in [1.165, 1.54) is 0 Å². The highest BCUT2D eigenvalue weighted by molar-refractivity contribution is 14.1. The van der Waals surface area contributed by atoms with E-state index < -0.39 is 12.1 Å². The molecule has 1 unspecified atom stereocenters. The van der Waals surface area contributed by atoms with Gasteiger partial charge >= 0.3 is 0 Å². The standard InChI is InChI=1S/C10H17IO5/c1-10(2)14-4-5(16-10)7-8(13-3)6(11)9(12)15-7/h5-9,12H,4H2,1-3H3/t5-,6?,7-,8-,9+/m1/s1. The van der Waals surface area contributed by atoms with Gasteiger partial charge < -0.3 is 24.1 Å². The van der Waals surface area contributed by atoms with Crippen LogP contribution in [0.3, 0.4) is 0 Å². The van der Waals surface area contributed by atoms with Crippen LogP contribution in [0.2, 0.25) is 0 Å². The van der Waals surface area contributed by atoms with Crippen LogP contribution in [-0.2, 0) is 18.9 Å². The topological polar surface area (TPSA) is 57.2 Å². The fourth-order valence-electron chi connectivity index (χ4n) is 2.10. The molecule has 0 spiro atoms. The molecule has 0 bridgehead atoms. The zero-order valence-electron chi connectivity index (χ0n) is 9.55. The molecule has 5 atom stereocenters. The van der Waals surface area contributed by atoms with Gasteiger partial charge in [0.2, 0.25) is 0 Å². The van der Waals surface area contributed by atoms with Crippen molar-refractivity contribution in [3.63, 3.8) is 0 Å². The SMILES string of the molecule is CO[C@@H]1C(I)[C@@H](O)O[C@@H]1[C@H]1COC(C)(C)O1. The Balaban J connectivity index is 2.05. The molecule has 1 N–H and O–H groups in total. The molecule has 2 saturated heterocycles. The second-order valence-electron chi connectivity index (χ2n) is 4.50. The van der Waals surface area contributed by atoms with Gasteiger partial charge in [-0.1, -0.05) is 22.6 Å². The van der Waals surface area contributed by atoms with Gasteiger partial charge in [-0.15, -0.1) is 0 Å². The zero-order valence-corrected chi connectivity index (χ0v) is 11.7. The number of ether oxygens (including phenoxy) is 4. The van der Waals surface area contributed by atoms with E-state index in [0.29, 0.717) is 6.61 Å². The van der Waals surface area contributed by atoms with Crippen LogP contribution in [-0.4, -0.2) is 53.1 Å². The van der Waals surface area contributed by atoms with Crippen molar-refractivity contribution < 1.29 is 24.1 Å². The first-order valence-electron chi connectivity index (χ1n) is 5.27. The first-order chi connectivity index (χ1) is 7.44. The highest BCUT2D eigenvalue weighted by Gasteiger charge is 2.50. The minimum Gasteiger partial charge on any atom is -0.377 e. The molecule has 2 fully saturated rings. The molecule has 0 aliphatic carbocycles. The number of aliphatic hydroxyl groups is 1. The summed E-state index contributed by atoms with van der Waals surface area (Å²) in [6.07, 6.45) is -1.43. The van der Waals surface area contributed by atoms with E-state index in [1.54, 1.807) is 7.11 Å². The van der Waals surface area contributed by atoms with E-state index in [-0.39, 0.29) is 22.2 Å². The van der Waals surface area contributed by atoms with Gasteiger partial charge in [-0.2, -0.15) is 0 Å². The monoisotopic (exact) mass is 344 g/mol. The number of methoxy groups -OCH3 is 1. The number of rotatable bonds is 2. The molecule has 2 aliphatic heterocycles. The van der Waals surface area contributed by atoms with Crippen LogP contribution in [0.5, 0.6) is 0 Å². The average molecular weight is 344 g/mol. The molecule has 6 heteroatoms. The van der Waals surface area contributed by atoms with E-state index in [2.05, 4.69) is 22.6 Å². The van der Waals surface area contributed by atoms with E-state index in [1.807, 2.05) is 13.8 Å². The third kappa shape index (κ3) is 2.37. The fraction of sp³-hybridized carbons (Fsp3) is 1.00. The summed E-state index contributed by atoms with van der Waals surface area (Å²) in [5.74, 6) is -0.583. The van der Waals surface area contributed by atoms with Crippen molar-refractivity contribution in [3.05, 3.63) is 0 Å². The van der Waals surface area contributed by atoms with Gasteiger partial charge in [0.05, 0.1) is 10.5 Å². The molecule has 5 nitrogen and oxygen atoms in total. The number of alkyl halides is 1. The van der Waals surface area contributed by atoms with Crippen LogP contribution in [0.25, 0.3) is 0 Å². The third-order valence-corrected chi connectivity index (χ3v) is 4.20. The quantitative estimate of drug-likeness (QED) is 0.590. The maximum absolute atomic E-state index is 9.65. The van der Waals surface area contributed by atoms with Crippen LogP contribution in [0.4, 0.5) is 0 Å². The summed E-state index contributed by atoms with van der Waals surface area (Å²) >= 11 is 2.13. The van der Waals surface area contributed by atoms with Crippen molar-refractivity contribution in [3.8, 4) is 0 Å². The lowest BCUT2D eigenvalue weighted by molar-refractivity contribution is -0.176. The smallest absolute Gasteiger partial charge is 0.169 e. The molecule has 0 aromatic heterocycles. The molecule has 16 heavy (non-hydrogen) atoms. The molecule has 0 radical (unpaired) electrons. The van der Waals surface area contributed by atoms with Gasteiger partial charge in [0.1, 0.15) is 18.3 Å². The van der Waals surface area contributed by atoms with Crippen molar-refractivity contribution >= 4 is 22.6 Å². The minimum absolute atomic E-state index is 0.0834. The first kappa shape index (κ1) is 13.0. The Morgan fingerprint density at radius 3 is 2.62 bits per heavy atom. The lowest BCUT2D eigenvalue weighted by atomic mass is 10.1. The van der Waals surface area contributed by atoms with Gasteiger partial charge in [0.15, 0.2) is 12.1 Å². The molecule has 0 saturated carbocycles. The molecule has 0 aromatic rings. The van der Waals surface area contributed by atoms with Gasteiger partial charge in [-0.3, -0.25) is 0 Å². The van der Waals surface area contributed by atoms with E-state index in [4.69, 9.17) is 18.9 Å². The number of hydrogen-bond donors (Lipinski definition) is 1. The van der Waals surface area contributed by atoms with Crippen molar-refractivity contribution in [2.45, 2.75) is 48.2 Å². The molecular formula is C10H17IO5. The van der Waals surface area contributed by atoms with Crippen LogP contribution < -0.4 is 0 Å². The maximum atomic E-state index is 9.65. The van der Waals surface area contributed by atoms with Gasteiger partial charge in [-0.25, -0.2) is 0 Å². The predicted octanol–water partition coefficient (Wildman–Crippen LogP) is 0.674. The molecule has 2 heterocycles. The molecular weight excluding hydrogens is 327 g/mol. The molecule has 94 valence electrons. The third-order valence-electron chi connectivity index (χ3n) is 2.88. The Morgan fingerprint density at radius 1 is 1.44 bits per heavy atom. The van der Waals surface area contributed by atoms with Crippen molar-refractivity contribution in [1.82, 2.24) is 0 Å². The Kier molecular flexibility index (Phi) is 3.78. The summed E-state index contributed by atoms with van der Waals surface area (Å²) in [5, 5.41) is 9.65. The lowest BCUT2D eigenvalue weighted by Gasteiger charge is -2.24. The molecule has 2 aliphatic rings. The van der Waals surface area contributed by atoms with E-state index in [9.17, 15) is 5.11 Å². The van der Waals surface area contributed by atoms with Crippen molar-refractivity contribution in [2.75, 3.05) is 13.7 Å². The van der Waals surface area contributed by atoms with Gasteiger partial charge in [0.25, 0.3) is 0 Å². The van der Waals surface area contributed by atoms with Crippen LogP contribution in [0.15, 0.2) is 0 Å². The Bertz CT molecular complexity index is 260. The Morgan fingerprint density at radius 2 is 2.12 bits per heavy atom. The molecule has 0 aromatic carbocycles. The second kappa shape index (κ2) is 4.66. The van der Waals surface area contributed by atoms with E-state index >= 15 is 0 Å². The number of hydrogen-bond acceptors (Lipinski definition) is 5. The molecule has 0 amide bonds. The van der Waals surface area contributed by atoms with Crippen LogP contribution in [0, 0.1) is 0 Å². The van der Waals surface area contributed by atoms with Gasteiger partial charge in [0, 0.05) is 7.11 Å². The minimum atomic E-state index is -0.803. The number of aliphatic hydroxyl groups excluding tert-OH is 1.